The van der Waals surface area contributed by atoms with Crippen molar-refractivity contribution in [1.82, 2.24) is 10.3 Å². The molecular weight excluding hydrogens is 204 g/mol. The third-order valence-electron chi connectivity index (χ3n) is 2.51. The first-order valence-electron chi connectivity index (χ1n) is 5.17. The van der Waals surface area contributed by atoms with E-state index in [0.717, 1.165) is 12.2 Å². The van der Waals surface area contributed by atoms with Gasteiger partial charge in [0.25, 0.3) is 0 Å². The van der Waals surface area contributed by atoms with Gasteiger partial charge in [0.05, 0.1) is 5.56 Å². The minimum Gasteiger partial charge on any atom is -0.368 e. The zero-order valence-electron chi connectivity index (χ0n) is 8.73. The molecule has 0 aliphatic carbocycles. The summed E-state index contributed by atoms with van der Waals surface area (Å²) < 4.78 is 0. The van der Waals surface area contributed by atoms with Gasteiger partial charge in [0.1, 0.15) is 11.9 Å². The minimum absolute atomic E-state index is 0.111. The van der Waals surface area contributed by atoms with Gasteiger partial charge in [0.15, 0.2) is 0 Å². The van der Waals surface area contributed by atoms with Crippen LogP contribution in [0.3, 0.4) is 0 Å². The summed E-state index contributed by atoms with van der Waals surface area (Å²) in [5.41, 5.74) is 0.541. The normalized spacial score (nSPS) is 18.9. The van der Waals surface area contributed by atoms with Crippen LogP contribution in [0.1, 0.15) is 18.4 Å². The fourth-order valence-corrected chi connectivity index (χ4v) is 1.62. The molecule has 0 bridgehead atoms. The Morgan fingerprint density at radius 2 is 2.50 bits per heavy atom. The monoisotopic (exact) mass is 216 g/mol. The molecule has 1 aromatic rings. The topological polar surface area (TPSA) is 77.8 Å². The summed E-state index contributed by atoms with van der Waals surface area (Å²) >= 11 is 0. The molecule has 0 radical (unpaired) electrons. The van der Waals surface area contributed by atoms with E-state index in [4.69, 9.17) is 5.26 Å². The van der Waals surface area contributed by atoms with Gasteiger partial charge in [-0.05, 0) is 18.6 Å². The van der Waals surface area contributed by atoms with Gasteiger partial charge in [-0.3, -0.25) is 4.79 Å². The number of rotatable bonds is 3. The van der Waals surface area contributed by atoms with E-state index in [1.165, 1.54) is 6.20 Å². The van der Waals surface area contributed by atoms with Gasteiger partial charge in [-0.25, -0.2) is 4.98 Å². The number of pyridine rings is 1. The number of nitrogens with zero attached hydrogens (tertiary/aromatic N) is 2. The molecule has 0 aromatic carbocycles. The Kier molecular flexibility index (Phi) is 3.01. The maximum absolute atomic E-state index is 11.0. The highest BCUT2D eigenvalue weighted by atomic mass is 16.1. The average Bonchev–Trinajstić information content (AvgIpc) is 2.73. The number of hydrogen-bond donors (Lipinski definition) is 2. The molecule has 1 aliphatic rings. The lowest BCUT2D eigenvalue weighted by Gasteiger charge is -2.11. The van der Waals surface area contributed by atoms with E-state index in [9.17, 15) is 4.79 Å². The maximum atomic E-state index is 11.0. The number of aromatic nitrogens is 1. The zero-order valence-corrected chi connectivity index (χ0v) is 8.73. The van der Waals surface area contributed by atoms with Crippen LogP contribution in [0, 0.1) is 11.3 Å². The molecule has 1 aromatic heterocycles. The SMILES string of the molecule is N#Cc1ccc(NCC2CCC(=O)N2)nc1. The highest BCUT2D eigenvalue weighted by molar-refractivity contribution is 5.78. The Hall–Kier alpha value is -2.09. The van der Waals surface area contributed by atoms with Crippen molar-refractivity contribution >= 4 is 11.7 Å². The quantitative estimate of drug-likeness (QED) is 0.777. The molecular formula is C11H12N4O. The fraction of sp³-hybridized carbons (Fsp3) is 0.364. The Labute approximate surface area is 93.5 Å². The molecule has 1 atom stereocenters. The molecule has 1 saturated heterocycles. The molecule has 1 aliphatic heterocycles. The summed E-state index contributed by atoms with van der Waals surface area (Å²) in [6.07, 6.45) is 2.99. The van der Waals surface area contributed by atoms with Gasteiger partial charge in [0.2, 0.25) is 5.91 Å². The third-order valence-corrected chi connectivity index (χ3v) is 2.51. The van der Waals surface area contributed by atoms with Gasteiger partial charge < -0.3 is 10.6 Å². The van der Waals surface area contributed by atoms with E-state index in [1.807, 2.05) is 6.07 Å². The van der Waals surface area contributed by atoms with Crippen molar-refractivity contribution in [1.29, 1.82) is 5.26 Å². The molecule has 1 unspecified atom stereocenters. The van der Waals surface area contributed by atoms with Crippen LogP contribution >= 0.6 is 0 Å². The van der Waals surface area contributed by atoms with Crippen molar-refractivity contribution in [3.63, 3.8) is 0 Å². The van der Waals surface area contributed by atoms with Crippen LogP contribution in [0.15, 0.2) is 18.3 Å². The molecule has 0 saturated carbocycles. The van der Waals surface area contributed by atoms with Crippen molar-refractivity contribution in [2.75, 3.05) is 11.9 Å². The summed E-state index contributed by atoms with van der Waals surface area (Å²) in [4.78, 5) is 15.0. The molecule has 1 amide bonds. The first kappa shape index (κ1) is 10.4. The molecule has 2 rings (SSSR count). The number of nitriles is 1. The van der Waals surface area contributed by atoms with Crippen LogP contribution in [0.5, 0.6) is 0 Å². The van der Waals surface area contributed by atoms with E-state index >= 15 is 0 Å². The molecule has 16 heavy (non-hydrogen) atoms. The van der Waals surface area contributed by atoms with E-state index in [1.54, 1.807) is 12.1 Å². The molecule has 5 heteroatoms. The van der Waals surface area contributed by atoms with Crippen molar-refractivity contribution in [3.05, 3.63) is 23.9 Å². The first-order chi connectivity index (χ1) is 7.78. The Balaban J connectivity index is 1.85. The number of amides is 1. The Morgan fingerprint density at radius 3 is 3.06 bits per heavy atom. The van der Waals surface area contributed by atoms with Crippen molar-refractivity contribution < 1.29 is 4.79 Å². The largest absolute Gasteiger partial charge is 0.368 e. The lowest BCUT2D eigenvalue weighted by Crippen LogP contribution is -2.31. The first-order valence-corrected chi connectivity index (χ1v) is 5.17. The van der Waals surface area contributed by atoms with E-state index in [-0.39, 0.29) is 11.9 Å². The van der Waals surface area contributed by atoms with E-state index < -0.39 is 0 Å². The summed E-state index contributed by atoms with van der Waals surface area (Å²) in [6, 6.07) is 5.67. The fourth-order valence-electron chi connectivity index (χ4n) is 1.62. The van der Waals surface area contributed by atoms with Gasteiger partial charge in [0, 0.05) is 25.2 Å². The summed E-state index contributed by atoms with van der Waals surface area (Å²) in [5.74, 6) is 0.833. The van der Waals surface area contributed by atoms with Gasteiger partial charge >= 0.3 is 0 Å². The maximum Gasteiger partial charge on any atom is 0.220 e. The van der Waals surface area contributed by atoms with Crippen molar-refractivity contribution in [2.45, 2.75) is 18.9 Å². The number of nitrogens with one attached hydrogen (secondary N) is 2. The molecule has 2 heterocycles. The third kappa shape index (κ3) is 2.48. The minimum atomic E-state index is 0.111. The number of anilines is 1. The van der Waals surface area contributed by atoms with E-state index in [0.29, 0.717) is 18.5 Å². The zero-order chi connectivity index (χ0) is 11.4. The van der Waals surface area contributed by atoms with Gasteiger partial charge in [-0.15, -0.1) is 0 Å². The van der Waals surface area contributed by atoms with Crippen LogP contribution < -0.4 is 10.6 Å². The lowest BCUT2D eigenvalue weighted by molar-refractivity contribution is -0.119. The van der Waals surface area contributed by atoms with Crippen LogP contribution in [-0.4, -0.2) is 23.5 Å². The van der Waals surface area contributed by atoms with Crippen LogP contribution in [0.25, 0.3) is 0 Å². The molecule has 1 fully saturated rings. The number of carbonyl (C=O) groups excluding carboxylic acids is 1. The van der Waals surface area contributed by atoms with Crippen molar-refractivity contribution in [3.8, 4) is 6.07 Å². The predicted molar refractivity (Wildman–Crippen MR) is 58.6 cm³/mol. The number of hydrogen-bond acceptors (Lipinski definition) is 4. The van der Waals surface area contributed by atoms with Crippen molar-refractivity contribution in [2.24, 2.45) is 0 Å². The van der Waals surface area contributed by atoms with Crippen LogP contribution in [0.4, 0.5) is 5.82 Å². The number of carbonyl (C=O) groups is 1. The van der Waals surface area contributed by atoms with Gasteiger partial charge in [-0.2, -0.15) is 5.26 Å². The lowest BCUT2D eigenvalue weighted by atomic mass is 10.2. The van der Waals surface area contributed by atoms with Gasteiger partial charge in [-0.1, -0.05) is 0 Å². The smallest absolute Gasteiger partial charge is 0.220 e. The average molecular weight is 216 g/mol. The summed E-state index contributed by atoms with van der Waals surface area (Å²) in [5, 5.41) is 14.6. The predicted octanol–water partition coefficient (Wildman–Crippen LogP) is 0.644. The molecule has 2 N–H and O–H groups in total. The summed E-state index contributed by atoms with van der Waals surface area (Å²) in [6.45, 7) is 0.671. The van der Waals surface area contributed by atoms with Crippen LogP contribution in [-0.2, 0) is 4.79 Å². The highest BCUT2D eigenvalue weighted by Gasteiger charge is 2.19. The Bertz CT molecular complexity index is 421. The Morgan fingerprint density at radius 1 is 1.62 bits per heavy atom. The second-order valence-corrected chi connectivity index (χ2v) is 3.73. The molecule has 0 spiro atoms. The van der Waals surface area contributed by atoms with E-state index in [2.05, 4.69) is 15.6 Å². The summed E-state index contributed by atoms with van der Waals surface area (Å²) in [7, 11) is 0. The van der Waals surface area contributed by atoms with Crippen LogP contribution in [0.2, 0.25) is 0 Å². The molecule has 82 valence electrons. The second kappa shape index (κ2) is 4.62. The second-order valence-electron chi connectivity index (χ2n) is 3.73. The molecule has 5 nitrogen and oxygen atoms in total. The standard InChI is InChI=1S/C11H12N4O/c12-5-8-1-3-10(13-6-8)14-7-9-2-4-11(16)15-9/h1,3,6,9H,2,4,7H2,(H,13,14)(H,15,16). The highest BCUT2D eigenvalue weighted by Crippen LogP contribution is 2.08.